The van der Waals surface area contributed by atoms with Crippen molar-refractivity contribution in [3.8, 4) is 23.0 Å². The lowest BCUT2D eigenvalue weighted by atomic mass is 9.93. The van der Waals surface area contributed by atoms with Crippen LogP contribution in [0.25, 0.3) is 32.3 Å². The fourth-order valence-corrected chi connectivity index (χ4v) is 6.88. The summed E-state index contributed by atoms with van der Waals surface area (Å²) in [4.78, 5) is 4.54. The molecule has 6 heteroatoms. The first kappa shape index (κ1) is 30.9. The van der Waals surface area contributed by atoms with Crippen LogP contribution >= 0.6 is 0 Å². The van der Waals surface area contributed by atoms with E-state index in [1.165, 1.54) is 32.3 Å². The zero-order chi connectivity index (χ0) is 34.2. The third kappa shape index (κ3) is 5.51. The van der Waals surface area contributed by atoms with Crippen molar-refractivity contribution in [3.63, 3.8) is 0 Å². The molecule has 0 amide bonds. The zero-order valence-electron chi connectivity index (χ0n) is 28.4. The van der Waals surface area contributed by atoms with E-state index in [0.717, 1.165) is 57.1 Å². The van der Waals surface area contributed by atoms with Crippen molar-refractivity contribution in [1.29, 1.82) is 0 Å². The van der Waals surface area contributed by atoms with E-state index in [1.54, 1.807) is 28.4 Å². The maximum absolute atomic E-state index is 5.47. The van der Waals surface area contributed by atoms with Crippen molar-refractivity contribution in [2.24, 2.45) is 0 Å². The molecular weight excluding hydrogens is 620 g/mol. The summed E-state index contributed by atoms with van der Waals surface area (Å²) in [6.45, 7) is 0. The Morgan fingerprint density at radius 1 is 0.280 bits per heavy atom. The standard InChI is InChI=1S/C44H36N2O4/c1-47-39-17-9-33(10-18-39)45(34-11-19-40(48-2)20-12-34)37-25-29-5-7-31-27-38(28-32-8-6-30(26-37)43(29)44(31)32)46(35-13-21-41(49-3)22-14-35)36-15-23-42(50-4)24-16-36/h5-28H,1-4H3. The smallest absolute Gasteiger partial charge is 0.119 e. The van der Waals surface area contributed by atoms with Crippen LogP contribution in [0.4, 0.5) is 34.1 Å². The molecule has 0 aliphatic heterocycles. The Morgan fingerprint density at radius 3 is 0.700 bits per heavy atom. The van der Waals surface area contributed by atoms with E-state index in [2.05, 4.69) is 107 Å². The molecule has 0 bridgehead atoms. The summed E-state index contributed by atoms with van der Waals surface area (Å²) < 4.78 is 21.9. The molecule has 0 fully saturated rings. The number of rotatable bonds is 10. The fourth-order valence-electron chi connectivity index (χ4n) is 6.88. The molecule has 246 valence electrons. The number of nitrogens with zero attached hydrogens (tertiary/aromatic N) is 2. The quantitative estimate of drug-likeness (QED) is 0.137. The van der Waals surface area contributed by atoms with Gasteiger partial charge in [-0.3, -0.25) is 0 Å². The maximum atomic E-state index is 5.47. The monoisotopic (exact) mass is 656 g/mol. The van der Waals surface area contributed by atoms with Gasteiger partial charge in [0, 0.05) is 34.1 Å². The minimum Gasteiger partial charge on any atom is -0.497 e. The molecule has 0 aliphatic carbocycles. The number of benzene rings is 8. The topological polar surface area (TPSA) is 43.4 Å². The van der Waals surface area contributed by atoms with Crippen LogP contribution in [0.2, 0.25) is 0 Å². The number of anilines is 6. The molecule has 0 saturated carbocycles. The largest absolute Gasteiger partial charge is 0.497 e. The highest BCUT2D eigenvalue weighted by Gasteiger charge is 2.19. The first-order chi connectivity index (χ1) is 24.6. The van der Waals surface area contributed by atoms with Gasteiger partial charge in [-0.1, -0.05) is 24.3 Å². The van der Waals surface area contributed by atoms with Gasteiger partial charge in [0.15, 0.2) is 0 Å². The van der Waals surface area contributed by atoms with E-state index in [-0.39, 0.29) is 0 Å². The summed E-state index contributed by atoms with van der Waals surface area (Å²) in [6.07, 6.45) is 0. The molecule has 0 radical (unpaired) electrons. The third-order valence-electron chi connectivity index (χ3n) is 9.34. The van der Waals surface area contributed by atoms with Crippen molar-refractivity contribution in [2.75, 3.05) is 38.2 Å². The SMILES string of the molecule is COc1ccc(N(c2ccc(OC)cc2)c2cc3ccc4cc(N(c5ccc(OC)cc5)c5ccc(OC)cc5)cc5ccc(c2)c3c45)cc1. The van der Waals surface area contributed by atoms with Crippen LogP contribution in [-0.4, -0.2) is 28.4 Å². The van der Waals surface area contributed by atoms with Gasteiger partial charge in [0.1, 0.15) is 23.0 Å². The fraction of sp³-hybridized carbons (Fsp3) is 0.0909. The summed E-state index contributed by atoms with van der Waals surface area (Å²) >= 11 is 0. The first-order valence-electron chi connectivity index (χ1n) is 16.5. The normalized spacial score (nSPS) is 11.2. The van der Waals surface area contributed by atoms with E-state index in [4.69, 9.17) is 18.9 Å². The molecule has 6 nitrogen and oxygen atoms in total. The van der Waals surface area contributed by atoms with Crippen molar-refractivity contribution in [1.82, 2.24) is 0 Å². The molecular formula is C44H36N2O4. The summed E-state index contributed by atoms with van der Waals surface area (Å²) in [7, 11) is 6.75. The highest BCUT2D eigenvalue weighted by molar-refractivity contribution is 6.24. The Morgan fingerprint density at radius 2 is 0.500 bits per heavy atom. The van der Waals surface area contributed by atoms with Crippen LogP contribution in [-0.2, 0) is 0 Å². The van der Waals surface area contributed by atoms with Gasteiger partial charge in [0.05, 0.1) is 28.4 Å². The van der Waals surface area contributed by atoms with E-state index < -0.39 is 0 Å². The lowest BCUT2D eigenvalue weighted by Gasteiger charge is -2.28. The van der Waals surface area contributed by atoms with Gasteiger partial charge in [-0.2, -0.15) is 0 Å². The number of methoxy groups -OCH3 is 4. The molecule has 0 saturated heterocycles. The van der Waals surface area contributed by atoms with Gasteiger partial charge in [0.2, 0.25) is 0 Å². The van der Waals surface area contributed by atoms with Gasteiger partial charge >= 0.3 is 0 Å². The predicted octanol–water partition coefficient (Wildman–Crippen LogP) is 11.6. The highest BCUT2D eigenvalue weighted by Crippen LogP contribution is 2.45. The van der Waals surface area contributed by atoms with Crippen LogP contribution in [0.3, 0.4) is 0 Å². The van der Waals surface area contributed by atoms with Crippen LogP contribution in [0.5, 0.6) is 23.0 Å². The molecule has 0 spiro atoms. The predicted molar refractivity (Wildman–Crippen MR) is 206 cm³/mol. The molecule has 0 heterocycles. The highest BCUT2D eigenvalue weighted by atomic mass is 16.5. The molecule has 0 aliphatic rings. The van der Waals surface area contributed by atoms with Crippen LogP contribution < -0.4 is 28.7 Å². The van der Waals surface area contributed by atoms with Crippen LogP contribution in [0.1, 0.15) is 0 Å². The molecule has 50 heavy (non-hydrogen) atoms. The Bertz CT molecular complexity index is 2070. The average molecular weight is 657 g/mol. The molecule has 0 unspecified atom stereocenters. The number of hydrogen-bond donors (Lipinski definition) is 0. The van der Waals surface area contributed by atoms with E-state index in [1.807, 2.05) is 48.5 Å². The molecule has 8 rings (SSSR count). The minimum absolute atomic E-state index is 0.816. The van der Waals surface area contributed by atoms with Crippen LogP contribution in [0.15, 0.2) is 146 Å². The molecule has 0 atom stereocenters. The zero-order valence-corrected chi connectivity index (χ0v) is 28.4. The maximum Gasteiger partial charge on any atom is 0.119 e. The first-order valence-corrected chi connectivity index (χ1v) is 16.5. The Balaban J connectivity index is 1.27. The summed E-state index contributed by atoms with van der Waals surface area (Å²) in [5, 5.41) is 7.21. The van der Waals surface area contributed by atoms with Gasteiger partial charge < -0.3 is 28.7 Å². The van der Waals surface area contributed by atoms with Gasteiger partial charge in [-0.05, 0) is 154 Å². The average Bonchev–Trinajstić information content (AvgIpc) is 3.18. The Hall–Kier alpha value is -6.40. The second-order valence-electron chi connectivity index (χ2n) is 12.1. The molecule has 8 aromatic rings. The van der Waals surface area contributed by atoms with Crippen molar-refractivity contribution in [2.45, 2.75) is 0 Å². The summed E-state index contributed by atoms with van der Waals surface area (Å²) in [6, 6.07) is 50.8. The Labute approximate surface area is 291 Å². The van der Waals surface area contributed by atoms with Gasteiger partial charge in [0.25, 0.3) is 0 Å². The second kappa shape index (κ2) is 12.9. The number of hydrogen-bond acceptors (Lipinski definition) is 6. The minimum atomic E-state index is 0.816. The van der Waals surface area contributed by atoms with Gasteiger partial charge in [-0.25, -0.2) is 0 Å². The van der Waals surface area contributed by atoms with Crippen molar-refractivity contribution >= 4 is 66.4 Å². The molecule has 0 aromatic heterocycles. The molecule has 0 N–H and O–H groups in total. The molecule has 8 aromatic carbocycles. The van der Waals surface area contributed by atoms with Crippen molar-refractivity contribution < 1.29 is 18.9 Å². The summed E-state index contributed by atoms with van der Waals surface area (Å²) in [5.41, 5.74) is 6.27. The number of ether oxygens (including phenoxy) is 4. The van der Waals surface area contributed by atoms with E-state index in [9.17, 15) is 0 Å². The summed E-state index contributed by atoms with van der Waals surface area (Å²) in [5.74, 6) is 3.26. The van der Waals surface area contributed by atoms with Crippen LogP contribution in [0, 0.1) is 0 Å². The third-order valence-corrected chi connectivity index (χ3v) is 9.34. The lowest BCUT2D eigenvalue weighted by molar-refractivity contribution is 0.414. The Kier molecular flexibility index (Phi) is 7.97. The van der Waals surface area contributed by atoms with E-state index in [0.29, 0.717) is 0 Å². The van der Waals surface area contributed by atoms with E-state index >= 15 is 0 Å². The van der Waals surface area contributed by atoms with Crippen molar-refractivity contribution in [3.05, 3.63) is 146 Å². The van der Waals surface area contributed by atoms with Gasteiger partial charge in [-0.15, -0.1) is 0 Å². The second-order valence-corrected chi connectivity index (χ2v) is 12.1. The lowest BCUT2D eigenvalue weighted by Crippen LogP contribution is -2.10.